The summed E-state index contributed by atoms with van der Waals surface area (Å²) in [6, 6.07) is 9.95. The van der Waals surface area contributed by atoms with Crippen molar-refractivity contribution in [3.8, 4) is 0 Å². The zero-order chi connectivity index (χ0) is 17.9. The molecule has 1 aliphatic rings. The first-order valence-corrected chi connectivity index (χ1v) is 9.08. The molecule has 1 fully saturated rings. The van der Waals surface area contributed by atoms with Crippen LogP contribution in [0, 0.1) is 5.92 Å². The summed E-state index contributed by atoms with van der Waals surface area (Å²) in [5.41, 5.74) is 1.74. The third-order valence-electron chi connectivity index (χ3n) is 5.06. The van der Waals surface area contributed by atoms with E-state index in [-0.39, 0.29) is 12.7 Å². The molecule has 0 unspecified atom stereocenters. The molecule has 3 aromatic rings. The quantitative estimate of drug-likeness (QED) is 0.738. The molecule has 1 aliphatic heterocycles. The molecule has 0 spiro atoms. The highest BCUT2D eigenvalue weighted by Gasteiger charge is 2.30. The fourth-order valence-corrected chi connectivity index (χ4v) is 3.65. The second-order valence-corrected chi connectivity index (χ2v) is 6.82. The van der Waals surface area contributed by atoms with Gasteiger partial charge in [0.1, 0.15) is 17.7 Å². The SMILES string of the molecule is Cn1ccnc1[C@@H]1OCCC[C@H]1CNc1nc2ccccc2cc1CO. The van der Waals surface area contributed by atoms with Crippen molar-refractivity contribution in [3.63, 3.8) is 0 Å². The summed E-state index contributed by atoms with van der Waals surface area (Å²) in [5.74, 6) is 2.02. The molecule has 2 N–H and O–H groups in total. The number of aromatic nitrogens is 3. The highest BCUT2D eigenvalue weighted by atomic mass is 16.5. The van der Waals surface area contributed by atoms with E-state index in [4.69, 9.17) is 9.72 Å². The zero-order valence-corrected chi connectivity index (χ0v) is 14.9. The van der Waals surface area contributed by atoms with E-state index in [9.17, 15) is 5.11 Å². The van der Waals surface area contributed by atoms with Crippen LogP contribution in [-0.2, 0) is 18.4 Å². The van der Waals surface area contributed by atoms with Gasteiger partial charge in [0.05, 0.1) is 12.1 Å². The number of nitrogens with one attached hydrogen (secondary N) is 1. The first kappa shape index (κ1) is 17.0. The second-order valence-electron chi connectivity index (χ2n) is 6.82. The van der Waals surface area contributed by atoms with Crippen molar-refractivity contribution in [2.24, 2.45) is 13.0 Å². The lowest BCUT2D eigenvalue weighted by atomic mass is 9.93. The highest BCUT2D eigenvalue weighted by molar-refractivity contribution is 5.81. The molecule has 2 atom stereocenters. The summed E-state index contributed by atoms with van der Waals surface area (Å²) in [5, 5.41) is 14.2. The summed E-state index contributed by atoms with van der Waals surface area (Å²) >= 11 is 0. The van der Waals surface area contributed by atoms with Crippen LogP contribution in [0.15, 0.2) is 42.7 Å². The Morgan fingerprint density at radius 3 is 3.04 bits per heavy atom. The van der Waals surface area contributed by atoms with E-state index < -0.39 is 0 Å². The molecule has 1 saturated heterocycles. The zero-order valence-electron chi connectivity index (χ0n) is 14.9. The summed E-state index contributed by atoms with van der Waals surface area (Å²) in [4.78, 5) is 9.18. The van der Waals surface area contributed by atoms with Crippen LogP contribution >= 0.6 is 0 Å². The lowest BCUT2D eigenvalue weighted by Crippen LogP contribution is -2.30. The lowest BCUT2D eigenvalue weighted by Gasteiger charge is -2.31. The molecular weight excluding hydrogens is 328 g/mol. The van der Waals surface area contributed by atoms with E-state index in [1.54, 1.807) is 0 Å². The molecule has 6 heteroatoms. The number of pyridine rings is 1. The van der Waals surface area contributed by atoms with E-state index >= 15 is 0 Å². The number of hydrogen-bond acceptors (Lipinski definition) is 5. The number of para-hydroxylation sites is 1. The number of rotatable bonds is 5. The summed E-state index contributed by atoms with van der Waals surface area (Å²) in [6.45, 7) is 1.46. The Kier molecular flexibility index (Phi) is 4.86. The molecule has 136 valence electrons. The molecule has 0 radical (unpaired) electrons. The van der Waals surface area contributed by atoms with Crippen LogP contribution in [0.25, 0.3) is 10.9 Å². The van der Waals surface area contributed by atoms with E-state index in [0.29, 0.717) is 5.92 Å². The number of ether oxygens (including phenoxy) is 1. The summed E-state index contributed by atoms with van der Waals surface area (Å²) < 4.78 is 8.06. The molecular formula is C20H24N4O2. The molecule has 0 bridgehead atoms. The highest BCUT2D eigenvalue weighted by Crippen LogP contribution is 2.33. The molecule has 0 aliphatic carbocycles. The van der Waals surface area contributed by atoms with Gasteiger partial charge in [-0.3, -0.25) is 0 Å². The fraction of sp³-hybridized carbons (Fsp3) is 0.400. The Labute approximate surface area is 152 Å². The number of hydrogen-bond donors (Lipinski definition) is 2. The number of anilines is 1. The van der Waals surface area contributed by atoms with Crippen LogP contribution in [0.4, 0.5) is 5.82 Å². The van der Waals surface area contributed by atoms with Gasteiger partial charge in [-0.1, -0.05) is 18.2 Å². The molecule has 3 heterocycles. The first-order valence-electron chi connectivity index (χ1n) is 9.08. The third-order valence-corrected chi connectivity index (χ3v) is 5.06. The van der Waals surface area contributed by atoms with Crippen molar-refractivity contribution >= 4 is 16.7 Å². The van der Waals surface area contributed by atoms with Crippen molar-refractivity contribution in [1.29, 1.82) is 0 Å². The Morgan fingerprint density at radius 1 is 1.35 bits per heavy atom. The Balaban J connectivity index is 1.55. The number of aliphatic hydroxyl groups excluding tert-OH is 1. The van der Waals surface area contributed by atoms with Crippen LogP contribution in [-0.4, -0.2) is 32.8 Å². The van der Waals surface area contributed by atoms with Crippen LogP contribution in [0.1, 0.15) is 30.3 Å². The molecule has 6 nitrogen and oxygen atoms in total. The molecule has 2 aromatic heterocycles. The fourth-order valence-electron chi connectivity index (χ4n) is 3.65. The van der Waals surface area contributed by atoms with Crippen molar-refractivity contribution in [1.82, 2.24) is 14.5 Å². The number of benzene rings is 1. The summed E-state index contributed by atoms with van der Waals surface area (Å²) in [7, 11) is 2.00. The number of fused-ring (bicyclic) bond motifs is 1. The summed E-state index contributed by atoms with van der Waals surface area (Å²) in [6.07, 6.45) is 5.87. The molecule has 1 aromatic carbocycles. The largest absolute Gasteiger partial charge is 0.392 e. The van der Waals surface area contributed by atoms with Crippen LogP contribution in [0.2, 0.25) is 0 Å². The smallest absolute Gasteiger partial charge is 0.138 e. The van der Waals surface area contributed by atoms with E-state index in [1.165, 1.54) is 0 Å². The molecule has 0 saturated carbocycles. The number of imidazole rings is 1. The maximum Gasteiger partial charge on any atom is 0.138 e. The second kappa shape index (κ2) is 7.43. The Hall–Kier alpha value is -2.44. The van der Waals surface area contributed by atoms with Gasteiger partial charge in [0.25, 0.3) is 0 Å². The topological polar surface area (TPSA) is 72.2 Å². The lowest BCUT2D eigenvalue weighted by molar-refractivity contribution is -0.0305. The van der Waals surface area contributed by atoms with Crippen molar-refractivity contribution in [2.75, 3.05) is 18.5 Å². The van der Waals surface area contributed by atoms with Crippen molar-refractivity contribution in [2.45, 2.75) is 25.6 Å². The van der Waals surface area contributed by atoms with E-state index in [1.807, 2.05) is 54.3 Å². The average molecular weight is 352 g/mol. The van der Waals surface area contributed by atoms with Crippen LogP contribution in [0.3, 0.4) is 0 Å². The van der Waals surface area contributed by atoms with Crippen LogP contribution < -0.4 is 5.32 Å². The minimum atomic E-state index is -0.0376. The van der Waals surface area contributed by atoms with Crippen LogP contribution in [0.5, 0.6) is 0 Å². The predicted molar refractivity (Wildman–Crippen MR) is 101 cm³/mol. The van der Waals surface area contributed by atoms with Crippen molar-refractivity contribution < 1.29 is 9.84 Å². The third kappa shape index (κ3) is 3.30. The van der Waals surface area contributed by atoms with Gasteiger partial charge in [0.2, 0.25) is 0 Å². The maximum atomic E-state index is 9.74. The maximum absolute atomic E-state index is 9.74. The first-order chi connectivity index (χ1) is 12.8. The normalized spacial score (nSPS) is 20.4. The van der Waals surface area contributed by atoms with Gasteiger partial charge in [-0.25, -0.2) is 9.97 Å². The molecule has 26 heavy (non-hydrogen) atoms. The van der Waals surface area contributed by atoms with Gasteiger partial charge < -0.3 is 19.7 Å². The van der Waals surface area contributed by atoms with Gasteiger partial charge in [-0.2, -0.15) is 0 Å². The Morgan fingerprint density at radius 2 is 2.23 bits per heavy atom. The molecule has 4 rings (SSSR count). The Bertz CT molecular complexity index is 892. The molecule has 0 amide bonds. The monoisotopic (exact) mass is 352 g/mol. The van der Waals surface area contributed by atoms with E-state index in [2.05, 4.69) is 10.3 Å². The standard InChI is InChI=1S/C20H24N4O2/c1-24-9-8-21-20(24)18-15(6-4-10-26-18)12-22-19-16(13-25)11-14-5-2-3-7-17(14)23-19/h2-3,5,7-9,11,15,18,25H,4,6,10,12-13H2,1H3,(H,22,23)/t15-,18+/m0/s1. The van der Waals surface area contributed by atoms with Gasteiger partial charge in [-0.15, -0.1) is 0 Å². The minimum Gasteiger partial charge on any atom is -0.392 e. The predicted octanol–water partition coefficient (Wildman–Crippen LogP) is 3.04. The number of nitrogens with zero attached hydrogens (tertiary/aromatic N) is 3. The van der Waals surface area contributed by atoms with Gasteiger partial charge in [0.15, 0.2) is 0 Å². The van der Waals surface area contributed by atoms with Crippen molar-refractivity contribution in [3.05, 3.63) is 54.1 Å². The number of aliphatic hydroxyl groups is 1. The average Bonchev–Trinajstić information content (AvgIpc) is 3.11. The van der Waals surface area contributed by atoms with Gasteiger partial charge >= 0.3 is 0 Å². The van der Waals surface area contributed by atoms with Gasteiger partial charge in [0, 0.05) is 49.5 Å². The van der Waals surface area contributed by atoms with E-state index in [0.717, 1.165) is 54.1 Å². The number of aryl methyl sites for hydroxylation is 1. The minimum absolute atomic E-state index is 0.0192. The van der Waals surface area contributed by atoms with Gasteiger partial charge in [-0.05, 0) is 25.0 Å².